The summed E-state index contributed by atoms with van der Waals surface area (Å²) in [5.41, 5.74) is 7.20. The van der Waals surface area contributed by atoms with Gasteiger partial charge in [0, 0.05) is 19.1 Å². The number of hydrogen-bond donors (Lipinski definition) is 1. The molecular formula is C15H24N2O. The topological polar surface area (TPSA) is 38.5 Å². The van der Waals surface area contributed by atoms with Gasteiger partial charge in [0.15, 0.2) is 0 Å². The Morgan fingerprint density at radius 2 is 2.06 bits per heavy atom. The van der Waals surface area contributed by atoms with Crippen LogP contribution in [0.5, 0.6) is 5.75 Å². The molecule has 1 aliphatic rings. The molecule has 0 spiro atoms. The van der Waals surface area contributed by atoms with E-state index in [0.29, 0.717) is 6.04 Å². The molecule has 3 heteroatoms. The summed E-state index contributed by atoms with van der Waals surface area (Å²) in [4.78, 5) is 2.51. The predicted molar refractivity (Wildman–Crippen MR) is 74.7 cm³/mol. The summed E-state index contributed by atoms with van der Waals surface area (Å²) in [6.45, 7) is 5.69. The number of rotatable bonds is 5. The molecule has 0 bridgehead atoms. The molecule has 2 rings (SSSR count). The minimum atomic E-state index is 0.560. The molecule has 1 atom stereocenters. The molecule has 0 aromatic heterocycles. The van der Waals surface area contributed by atoms with Gasteiger partial charge in [-0.25, -0.2) is 0 Å². The normalized spacial score (nSPS) is 20.9. The Kier molecular flexibility index (Phi) is 5.02. The number of likely N-dealkylation sites (tertiary alicyclic amines) is 1. The van der Waals surface area contributed by atoms with Gasteiger partial charge in [0.1, 0.15) is 5.75 Å². The van der Waals surface area contributed by atoms with E-state index in [1.165, 1.54) is 31.4 Å². The molecule has 3 nitrogen and oxygen atoms in total. The van der Waals surface area contributed by atoms with Gasteiger partial charge in [0.2, 0.25) is 0 Å². The van der Waals surface area contributed by atoms with Crippen LogP contribution in [0.2, 0.25) is 0 Å². The first kappa shape index (κ1) is 13.4. The first-order chi connectivity index (χ1) is 8.83. The molecule has 1 heterocycles. The van der Waals surface area contributed by atoms with Gasteiger partial charge >= 0.3 is 0 Å². The fourth-order valence-corrected chi connectivity index (χ4v) is 2.63. The number of benzene rings is 1. The molecule has 18 heavy (non-hydrogen) atoms. The van der Waals surface area contributed by atoms with Gasteiger partial charge in [-0.05, 0) is 44.0 Å². The molecule has 0 aliphatic carbocycles. The number of piperidine rings is 1. The minimum Gasteiger partial charge on any atom is -0.494 e. The predicted octanol–water partition coefficient (Wildman–Crippen LogP) is 2.40. The van der Waals surface area contributed by atoms with Crippen molar-refractivity contribution in [3.05, 3.63) is 29.8 Å². The summed E-state index contributed by atoms with van der Waals surface area (Å²) < 4.78 is 5.46. The van der Waals surface area contributed by atoms with Crippen molar-refractivity contribution in [1.29, 1.82) is 0 Å². The van der Waals surface area contributed by atoms with Crippen molar-refractivity contribution in [1.82, 2.24) is 4.90 Å². The Bertz CT molecular complexity index is 350. The highest BCUT2D eigenvalue weighted by atomic mass is 16.5. The van der Waals surface area contributed by atoms with Gasteiger partial charge in [-0.15, -0.1) is 0 Å². The van der Waals surface area contributed by atoms with Crippen molar-refractivity contribution in [3.8, 4) is 5.75 Å². The Morgan fingerprint density at radius 3 is 2.72 bits per heavy atom. The first-order valence-electron chi connectivity index (χ1n) is 6.99. The summed E-state index contributed by atoms with van der Waals surface area (Å²) in [6.07, 6.45) is 3.86. The van der Waals surface area contributed by atoms with Crippen molar-refractivity contribution < 1.29 is 4.74 Å². The maximum atomic E-state index is 5.85. The Labute approximate surface area is 110 Å². The molecule has 0 amide bonds. The molecular weight excluding hydrogens is 224 g/mol. The van der Waals surface area contributed by atoms with E-state index in [2.05, 4.69) is 29.2 Å². The van der Waals surface area contributed by atoms with Crippen molar-refractivity contribution in [2.75, 3.05) is 19.7 Å². The minimum absolute atomic E-state index is 0.560. The smallest absolute Gasteiger partial charge is 0.119 e. The van der Waals surface area contributed by atoms with Gasteiger partial charge in [-0.3, -0.25) is 4.90 Å². The van der Waals surface area contributed by atoms with Crippen LogP contribution in [-0.2, 0) is 6.54 Å². The summed E-state index contributed by atoms with van der Waals surface area (Å²) in [6, 6.07) is 8.99. The maximum absolute atomic E-state index is 5.85. The second kappa shape index (κ2) is 6.76. The molecule has 1 aromatic carbocycles. The van der Waals surface area contributed by atoms with E-state index in [-0.39, 0.29) is 0 Å². The number of nitrogens with two attached hydrogens (primary N) is 1. The Balaban J connectivity index is 1.95. The van der Waals surface area contributed by atoms with Crippen LogP contribution >= 0.6 is 0 Å². The van der Waals surface area contributed by atoms with E-state index in [1.54, 1.807) is 0 Å². The van der Waals surface area contributed by atoms with Crippen molar-refractivity contribution in [2.45, 2.75) is 38.8 Å². The van der Waals surface area contributed by atoms with E-state index in [9.17, 15) is 0 Å². The van der Waals surface area contributed by atoms with Crippen LogP contribution in [0.25, 0.3) is 0 Å². The first-order valence-corrected chi connectivity index (χ1v) is 6.99. The second-order valence-electron chi connectivity index (χ2n) is 4.93. The zero-order valence-corrected chi connectivity index (χ0v) is 11.3. The lowest BCUT2D eigenvalue weighted by Crippen LogP contribution is -2.43. The van der Waals surface area contributed by atoms with Crippen LogP contribution in [0.1, 0.15) is 31.7 Å². The lowest BCUT2D eigenvalue weighted by molar-refractivity contribution is 0.145. The fraction of sp³-hybridized carbons (Fsp3) is 0.600. The van der Waals surface area contributed by atoms with Gasteiger partial charge < -0.3 is 10.5 Å². The van der Waals surface area contributed by atoms with Crippen LogP contribution < -0.4 is 10.5 Å². The highest BCUT2D eigenvalue weighted by Gasteiger charge is 2.20. The SMILES string of the molecule is CCOc1ccc(CN2CCCCC2CN)cc1. The van der Waals surface area contributed by atoms with Crippen LogP contribution in [0.4, 0.5) is 0 Å². The van der Waals surface area contributed by atoms with Crippen molar-refractivity contribution in [3.63, 3.8) is 0 Å². The molecule has 1 unspecified atom stereocenters. The van der Waals surface area contributed by atoms with Crippen LogP contribution in [-0.4, -0.2) is 30.6 Å². The van der Waals surface area contributed by atoms with E-state index < -0.39 is 0 Å². The largest absolute Gasteiger partial charge is 0.494 e. The molecule has 0 radical (unpaired) electrons. The van der Waals surface area contributed by atoms with E-state index in [4.69, 9.17) is 10.5 Å². The zero-order valence-electron chi connectivity index (χ0n) is 11.3. The summed E-state index contributed by atoms with van der Waals surface area (Å²) in [5, 5.41) is 0. The third-order valence-corrected chi connectivity index (χ3v) is 3.64. The quantitative estimate of drug-likeness (QED) is 0.869. The summed E-state index contributed by atoms with van der Waals surface area (Å²) in [5.74, 6) is 0.954. The Hall–Kier alpha value is -1.06. The van der Waals surface area contributed by atoms with E-state index in [1.807, 2.05) is 6.92 Å². The van der Waals surface area contributed by atoms with Gasteiger partial charge in [0.25, 0.3) is 0 Å². The number of ether oxygens (including phenoxy) is 1. The van der Waals surface area contributed by atoms with Crippen molar-refractivity contribution >= 4 is 0 Å². The highest BCUT2D eigenvalue weighted by molar-refractivity contribution is 5.27. The van der Waals surface area contributed by atoms with Gasteiger partial charge in [0.05, 0.1) is 6.61 Å². The lowest BCUT2D eigenvalue weighted by Gasteiger charge is -2.35. The number of hydrogen-bond acceptors (Lipinski definition) is 3. The average Bonchev–Trinajstić information content (AvgIpc) is 2.42. The lowest BCUT2D eigenvalue weighted by atomic mass is 10.0. The van der Waals surface area contributed by atoms with Crippen LogP contribution in [0, 0.1) is 0 Å². The summed E-state index contributed by atoms with van der Waals surface area (Å²) in [7, 11) is 0. The van der Waals surface area contributed by atoms with Gasteiger partial charge in [-0.2, -0.15) is 0 Å². The summed E-state index contributed by atoms with van der Waals surface area (Å²) >= 11 is 0. The highest BCUT2D eigenvalue weighted by Crippen LogP contribution is 2.20. The average molecular weight is 248 g/mol. The zero-order chi connectivity index (χ0) is 12.8. The van der Waals surface area contributed by atoms with E-state index in [0.717, 1.165) is 25.4 Å². The maximum Gasteiger partial charge on any atom is 0.119 e. The molecule has 1 saturated heterocycles. The standard InChI is InChI=1S/C15H24N2O/c1-2-18-15-8-6-13(7-9-15)12-17-10-4-3-5-14(17)11-16/h6-9,14H,2-5,10-12,16H2,1H3. The molecule has 1 aliphatic heterocycles. The third kappa shape index (κ3) is 3.47. The molecule has 1 aromatic rings. The molecule has 100 valence electrons. The Morgan fingerprint density at radius 1 is 1.28 bits per heavy atom. The van der Waals surface area contributed by atoms with Crippen molar-refractivity contribution in [2.24, 2.45) is 5.73 Å². The fourth-order valence-electron chi connectivity index (χ4n) is 2.63. The number of nitrogens with zero attached hydrogens (tertiary/aromatic N) is 1. The van der Waals surface area contributed by atoms with Crippen LogP contribution in [0.15, 0.2) is 24.3 Å². The van der Waals surface area contributed by atoms with Crippen LogP contribution in [0.3, 0.4) is 0 Å². The molecule has 2 N–H and O–H groups in total. The van der Waals surface area contributed by atoms with E-state index >= 15 is 0 Å². The molecule has 0 saturated carbocycles. The second-order valence-corrected chi connectivity index (χ2v) is 4.93. The third-order valence-electron chi connectivity index (χ3n) is 3.64. The molecule has 1 fully saturated rings. The van der Waals surface area contributed by atoms with Gasteiger partial charge in [-0.1, -0.05) is 18.6 Å². The monoisotopic (exact) mass is 248 g/mol.